The maximum atomic E-state index is 10.4. The van der Waals surface area contributed by atoms with Crippen molar-refractivity contribution >= 4 is 10.8 Å². The number of fused-ring (bicyclic) bond motifs is 1. The van der Waals surface area contributed by atoms with Crippen LogP contribution in [0.3, 0.4) is 0 Å². The first-order valence-electron chi connectivity index (χ1n) is 8.40. The number of phenols is 2. The zero-order chi connectivity index (χ0) is 18.3. The third-order valence-electron chi connectivity index (χ3n) is 4.65. The summed E-state index contributed by atoms with van der Waals surface area (Å²) in [5, 5.41) is 39.5. The van der Waals surface area contributed by atoms with E-state index in [0.29, 0.717) is 28.8 Å². The fraction of sp³-hybridized carbons (Fsp3) is 0.0952. The Bertz CT molecular complexity index is 1110. The molecule has 0 radical (unpaired) electrons. The number of aromatic hydroxyl groups is 3. The summed E-state index contributed by atoms with van der Waals surface area (Å²) in [5.74, 6) is -0.170. The Morgan fingerprint density at radius 2 is 1.65 bits per heavy atom. The average Bonchev–Trinajstić information content (AvgIpc) is 3.02. The SMILES string of the molecule is CCc1cc(-c2[nH]nc(O)c2-c2cccc3ccccc23)c(O)cc1O. The minimum absolute atomic E-state index is 0.0456. The van der Waals surface area contributed by atoms with E-state index in [4.69, 9.17) is 0 Å². The fourth-order valence-electron chi connectivity index (χ4n) is 3.33. The molecule has 0 fully saturated rings. The maximum absolute atomic E-state index is 10.4. The van der Waals surface area contributed by atoms with E-state index in [1.165, 1.54) is 6.07 Å². The molecule has 0 saturated carbocycles. The lowest BCUT2D eigenvalue weighted by Gasteiger charge is -2.11. The zero-order valence-corrected chi connectivity index (χ0v) is 14.2. The van der Waals surface area contributed by atoms with Gasteiger partial charge in [0, 0.05) is 11.6 Å². The molecule has 0 atom stereocenters. The number of aryl methyl sites for hydroxylation is 1. The van der Waals surface area contributed by atoms with E-state index < -0.39 is 0 Å². The van der Waals surface area contributed by atoms with Crippen molar-refractivity contribution in [1.82, 2.24) is 10.2 Å². The largest absolute Gasteiger partial charge is 0.508 e. The van der Waals surface area contributed by atoms with Crippen molar-refractivity contribution in [2.45, 2.75) is 13.3 Å². The molecule has 5 heteroatoms. The van der Waals surface area contributed by atoms with Crippen LogP contribution in [0.4, 0.5) is 0 Å². The molecule has 130 valence electrons. The van der Waals surface area contributed by atoms with Gasteiger partial charge in [0.25, 0.3) is 0 Å². The van der Waals surface area contributed by atoms with Gasteiger partial charge in [-0.25, -0.2) is 0 Å². The van der Waals surface area contributed by atoms with Crippen molar-refractivity contribution < 1.29 is 15.3 Å². The highest BCUT2D eigenvalue weighted by atomic mass is 16.3. The summed E-state index contributed by atoms with van der Waals surface area (Å²) in [5.41, 5.74) is 3.02. The standard InChI is InChI=1S/C21H18N2O3/c1-2-12-10-16(18(25)11-17(12)24)20-19(21(26)23-22-20)15-9-5-7-13-6-3-4-8-14(13)15/h3-11,24-25H,2H2,1H3,(H2,22,23,26). The lowest BCUT2D eigenvalue weighted by atomic mass is 9.94. The molecular weight excluding hydrogens is 328 g/mol. The van der Waals surface area contributed by atoms with Gasteiger partial charge in [0.15, 0.2) is 0 Å². The Hall–Kier alpha value is -3.47. The second-order valence-electron chi connectivity index (χ2n) is 6.18. The predicted octanol–water partition coefficient (Wildman–Crippen LogP) is 4.58. The van der Waals surface area contributed by atoms with Gasteiger partial charge < -0.3 is 15.3 Å². The normalized spacial score (nSPS) is 11.1. The molecule has 0 bridgehead atoms. The number of hydrogen-bond acceptors (Lipinski definition) is 4. The van der Waals surface area contributed by atoms with Crippen LogP contribution in [-0.2, 0) is 6.42 Å². The molecule has 1 heterocycles. The lowest BCUT2D eigenvalue weighted by molar-refractivity contribution is 0.447. The van der Waals surface area contributed by atoms with Crippen molar-refractivity contribution in [2.24, 2.45) is 0 Å². The van der Waals surface area contributed by atoms with Crippen molar-refractivity contribution in [3.63, 3.8) is 0 Å². The Morgan fingerprint density at radius 3 is 2.46 bits per heavy atom. The van der Waals surface area contributed by atoms with Crippen LogP contribution in [0.15, 0.2) is 54.6 Å². The molecule has 4 rings (SSSR count). The first-order chi connectivity index (χ1) is 12.6. The molecule has 5 nitrogen and oxygen atoms in total. The van der Waals surface area contributed by atoms with Gasteiger partial charge in [-0.2, -0.15) is 0 Å². The third kappa shape index (κ3) is 2.45. The molecule has 4 aromatic rings. The minimum Gasteiger partial charge on any atom is -0.508 e. The van der Waals surface area contributed by atoms with Crippen LogP contribution >= 0.6 is 0 Å². The molecule has 0 spiro atoms. The van der Waals surface area contributed by atoms with Crippen molar-refractivity contribution in [3.8, 4) is 39.8 Å². The molecule has 26 heavy (non-hydrogen) atoms. The van der Waals surface area contributed by atoms with Gasteiger partial charge in [0.2, 0.25) is 5.88 Å². The van der Waals surface area contributed by atoms with Gasteiger partial charge >= 0.3 is 0 Å². The van der Waals surface area contributed by atoms with Crippen LogP contribution in [0.1, 0.15) is 12.5 Å². The van der Waals surface area contributed by atoms with E-state index in [9.17, 15) is 15.3 Å². The molecule has 0 unspecified atom stereocenters. The van der Waals surface area contributed by atoms with Gasteiger partial charge in [0.05, 0.1) is 11.3 Å². The van der Waals surface area contributed by atoms with Crippen LogP contribution in [0, 0.1) is 0 Å². The Morgan fingerprint density at radius 1 is 0.885 bits per heavy atom. The number of phenolic OH excluding ortho intramolecular Hbond substituents is 2. The van der Waals surface area contributed by atoms with Gasteiger partial charge in [-0.15, -0.1) is 5.10 Å². The average molecular weight is 346 g/mol. The van der Waals surface area contributed by atoms with Crippen molar-refractivity contribution in [2.75, 3.05) is 0 Å². The number of aromatic amines is 1. The second-order valence-corrected chi connectivity index (χ2v) is 6.18. The second kappa shape index (κ2) is 6.11. The molecule has 4 N–H and O–H groups in total. The van der Waals surface area contributed by atoms with Gasteiger partial charge in [-0.1, -0.05) is 49.4 Å². The minimum atomic E-state index is -0.137. The molecule has 3 aromatic carbocycles. The lowest BCUT2D eigenvalue weighted by Crippen LogP contribution is -1.89. The summed E-state index contributed by atoms with van der Waals surface area (Å²) in [6.07, 6.45) is 0.614. The summed E-state index contributed by atoms with van der Waals surface area (Å²) in [6.45, 7) is 1.92. The number of rotatable bonds is 3. The predicted molar refractivity (Wildman–Crippen MR) is 101 cm³/mol. The summed E-state index contributed by atoms with van der Waals surface area (Å²) in [6, 6.07) is 16.7. The van der Waals surface area contributed by atoms with Crippen molar-refractivity contribution in [1.29, 1.82) is 0 Å². The van der Waals surface area contributed by atoms with E-state index in [1.54, 1.807) is 6.07 Å². The zero-order valence-electron chi connectivity index (χ0n) is 14.2. The summed E-state index contributed by atoms with van der Waals surface area (Å²) in [4.78, 5) is 0. The number of benzene rings is 3. The Labute approximate surface area is 150 Å². The van der Waals surface area contributed by atoms with E-state index in [0.717, 1.165) is 16.3 Å². The summed E-state index contributed by atoms with van der Waals surface area (Å²) in [7, 11) is 0. The Balaban J connectivity index is 2.01. The van der Waals surface area contributed by atoms with Gasteiger partial charge in [-0.05, 0) is 34.4 Å². The fourth-order valence-corrected chi connectivity index (χ4v) is 3.33. The van der Waals surface area contributed by atoms with Crippen LogP contribution in [0.5, 0.6) is 17.4 Å². The third-order valence-corrected chi connectivity index (χ3v) is 4.65. The molecule has 0 aliphatic heterocycles. The first kappa shape index (κ1) is 16.0. The highest BCUT2D eigenvalue weighted by molar-refractivity contribution is 6.01. The van der Waals surface area contributed by atoms with Crippen molar-refractivity contribution in [3.05, 3.63) is 60.2 Å². The van der Waals surface area contributed by atoms with Gasteiger partial charge in [0.1, 0.15) is 11.5 Å². The number of hydrogen-bond donors (Lipinski definition) is 4. The van der Waals surface area contributed by atoms with Crippen LogP contribution < -0.4 is 0 Å². The van der Waals surface area contributed by atoms with E-state index in [2.05, 4.69) is 10.2 Å². The highest BCUT2D eigenvalue weighted by Gasteiger charge is 2.21. The highest BCUT2D eigenvalue weighted by Crippen LogP contribution is 2.44. The number of nitrogens with one attached hydrogen (secondary N) is 1. The van der Waals surface area contributed by atoms with E-state index in [1.807, 2.05) is 49.4 Å². The van der Waals surface area contributed by atoms with Crippen LogP contribution in [0.2, 0.25) is 0 Å². The molecule has 0 aliphatic rings. The van der Waals surface area contributed by atoms with Crippen LogP contribution in [0.25, 0.3) is 33.2 Å². The number of nitrogens with zero attached hydrogens (tertiary/aromatic N) is 1. The molecule has 0 saturated heterocycles. The molecular formula is C21H18N2O3. The first-order valence-corrected chi connectivity index (χ1v) is 8.40. The topological polar surface area (TPSA) is 89.4 Å². The molecule has 0 aliphatic carbocycles. The number of H-pyrrole nitrogens is 1. The Kier molecular flexibility index (Phi) is 3.77. The van der Waals surface area contributed by atoms with E-state index >= 15 is 0 Å². The number of aromatic nitrogens is 2. The summed E-state index contributed by atoms with van der Waals surface area (Å²) >= 11 is 0. The molecule has 0 amide bonds. The van der Waals surface area contributed by atoms with Crippen LogP contribution in [-0.4, -0.2) is 25.5 Å². The van der Waals surface area contributed by atoms with E-state index in [-0.39, 0.29) is 17.4 Å². The summed E-state index contributed by atoms with van der Waals surface area (Å²) < 4.78 is 0. The maximum Gasteiger partial charge on any atom is 0.238 e. The quantitative estimate of drug-likeness (QED) is 0.437. The smallest absolute Gasteiger partial charge is 0.238 e. The molecule has 1 aromatic heterocycles. The monoisotopic (exact) mass is 346 g/mol. The van der Waals surface area contributed by atoms with Gasteiger partial charge in [-0.3, -0.25) is 5.10 Å².